The van der Waals surface area contributed by atoms with Gasteiger partial charge in [-0.15, -0.1) is 0 Å². The third-order valence-corrected chi connectivity index (χ3v) is 4.81. The van der Waals surface area contributed by atoms with E-state index in [4.69, 9.17) is 11.6 Å². The monoisotopic (exact) mass is 326 g/mol. The summed E-state index contributed by atoms with van der Waals surface area (Å²) in [6, 6.07) is 8.92. The van der Waals surface area contributed by atoms with E-state index in [-0.39, 0.29) is 16.5 Å². The molecule has 0 radical (unpaired) electrons. The average Bonchev–Trinajstić information content (AvgIpc) is 2.44. The number of rotatable bonds is 5. The third-order valence-electron chi connectivity index (χ3n) is 3.09. The van der Waals surface area contributed by atoms with Gasteiger partial charge in [0.2, 0.25) is 10.0 Å². The van der Waals surface area contributed by atoms with Gasteiger partial charge in [0.05, 0.1) is 4.90 Å². The fourth-order valence-electron chi connectivity index (χ4n) is 1.89. The molecule has 2 N–H and O–H groups in total. The smallest absolute Gasteiger partial charge is 0.266 e. The number of hydrogen-bond acceptors (Lipinski definition) is 3. The highest BCUT2D eigenvalue weighted by Gasteiger charge is 2.15. The Hall–Kier alpha value is -1.63. The lowest BCUT2D eigenvalue weighted by Gasteiger charge is -2.08. The molecular weight excluding hydrogens is 312 g/mol. The number of halogens is 1. The van der Waals surface area contributed by atoms with E-state index in [1.54, 1.807) is 0 Å². The molecule has 5 nitrogen and oxygen atoms in total. The van der Waals surface area contributed by atoms with Crippen LogP contribution in [0.25, 0.3) is 0 Å². The van der Waals surface area contributed by atoms with Crippen LogP contribution in [0.15, 0.2) is 46.2 Å². The van der Waals surface area contributed by atoms with Crippen LogP contribution in [0.1, 0.15) is 11.1 Å². The lowest BCUT2D eigenvalue weighted by Crippen LogP contribution is -2.27. The van der Waals surface area contributed by atoms with Gasteiger partial charge in [0.25, 0.3) is 5.56 Å². The SMILES string of the molecule is Cc1ccccc1CCNS(=O)(=O)c1c[nH]c(=O)c(Cl)c1. The molecule has 0 saturated carbocycles. The van der Waals surface area contributed by atoms with Crippen molar-refractivity contribution in [3.63, 3.8) is 0 Å². The predicted octanol–water partition coefficient (Wildman–Crippen LogP) is 1.86. The number of sulfonamides is 1. The van der Waals surface area contributed by atoms with Crippen LogP contribution in [0.4, 0.5) is 0 Å². The molecule has 1 aromatic heterocycles. The van der Waals surface area contributed by atoms with Crippen LogP contribution in [0.2, 0.25) is 5.02 Å². The van der Waals surface area contributed by atoms with Gasteiger partial charge in [0.1, 0.15) is 5.02 Å². The second-order valence-corrected chi connectivity index (χ2v) is 6.76. The Bertz CT molecular complexity index is 800. The second-order valence-electron chi connectivity index (χ2n) is 4.59. The van der Waals surface area contributed by atoms with Gasteiger partial charge in [-0.1, -0.05) is 35.9 Å². The summed E-state index contributed by atoms with van der Waals surface area (Å²) in [5.74, 6) is 0. The van der Waals surface area contributed by atoms with E-state index in [1.807, 2.05) is 31.2 Å². The highest BCUT2D eigenvalue weighted by Crippen LogP contribution is 2.11. The average molecular weight is 327 g/mol. The van der Waals surface area contributed by atoms with Gasteiger partial charge in [-0.3, -0.25) is 4.79 Å². The Balaban J connectivity index is 2.06. The topological polar surface area (TPSA) is 79.0 Å². The van der Waals surface area contributed by atoms with Crippen molar-refractivity contribution in [2.24, 2.45) is 0 Å². The van der Waals surface area contributed by atoms with Crippen molar-refractivity contribution in [3.8, 4) is 0 Å². The molecule has 0 spiro atoms. The summed E-state index contributed by atoms with van der Waals surface area (Å²) in [5.41, 5.74) is 1.68. The van der Waals surface area contributed by atoms with Crippen molar-refractivity contribution in [2.75, 3.05) is 6.54 Å². The maximum Gasteiger partial charge on any atom is 0.266 e. The minimum absolute atomic E-state index is 0.0584. The lowest BCUT2D eigenvalue weighted by molar-refractivity contribution is 0.581. The van der Waals surface area contributed by atoms with Gasteiger partial charge in [-0.2, -0.15) is 0 Å². The number of aryl methyl sites for hydroxylation is 1. The van der Waals surface area contributed by atoms with Crippen LogP contribution in [0.3, 0.4) is 0 Å². The first-order valence-electron chi connectivity index (χ1n) is 6.32. The molecule has 2 aromatic rings. The molecule has 0 aliphatic heterocycles. The number of benzene rings is 1. The van der Waals surface area contributed by atoms with Gasteiger partial charge >= 0.3 is 0 Å². The number of H-pyrrole nitrogens is 1. The van der Waals surface area contributed by atoms with Gasteiger partial charge in [-0.05, 0) is 30.5 Å². The number of hydrogen-bond donors (Lipinski definition) is 2. The molecule has 1 aromatic carbocycles. The highest BCUT2D eigenvalue weighted by atomic mass is 35.5. The van der Waals surface area contributed by atoms with Crippen LogP contribution < -0.4 is 10.3 Å². The van der Waals surface area contributed by atoms with E-state index in [0.717, 1.165) is 23.4 Å². The Kier molecular flexibility index (Phi) is 4.82. The normalized spacial score (nSPS) is 11.5. The summed E-state index contributed by atoms with van der Waals surface area (Å²) in [7, 11) is -3.69. The maximum absolute atomic E-state index is 12.1. The Morgan fingerprint density at radius 1 is 1.29 bits per heavy atom. The van der Waals surface area contributed by atoms with E-state index in [1.165, 1.54) is 0 Å². The molecule has 0 amide bonds. The van der Waals surface area contributed by atoms with Crippen molar-refractivity contribution >= 4 is 21.6 Å². The predicted molar refractivity (Wildman–Crippen MR) is 82.1 cm³/mol. The largest absolute Gasteiger partial charge is 0.326 e. The van der Waals surface area contributed by atoms with Crippen molar-refractivity contribution in [1.82, 2.24) is 9.71 Å². The van der Waals surface area contributed by atoms with Crippen molar-refractivity contribution in [2.45, 2.75) is 18.2 Å². The number of aromatic amines is 1. The van der Waals surface area contributed by atoms with Crippen molar-refractivity contribution in [3.05, 3.63) is 63.0 Å². The molecular formula is C14H15ClN2O3S. The van der Waals surface area contributed by atoms with Crippen LogP contribution in [0, 0.1) is 6.92 Å². The van der Waals surface area contributed by atoms with Crippen LogP contribution in [0.5, 0.6) is 0 Å². The minimum Gasteiger partial charge on any atom is -0.326 e. The zero-order valence-electron chi connectivity index (χ0n) is 11.4. The molecule has 0 atom stereocenters. The zero-order chi connectivity index (χ0) is 15.5. The molecule has 0 saturated heterocycles. The molecule has 7 heteroatoms. The van der Waals surface area contributed by atoms with Crippen LogP contribution >= 0.6 is 11.6 Å². The van der Waals surface area contributed by atoms with E-state index < -0.39 is 15.6 Å². The second kappa shape index (κ2) is 6.43. The Labute approximate surface area is 128 Å². The summed E-state index contributed by atoms with van der Waals surface area (Å²) in [4.78, 5) is 13.4. The maximum atomic E-state index is 12.1. The van der Waals surface area contributed by atoms with E-state index >= 15 is 0 Å². The fourth-order valence-corrected chi connectivity index (χ4v) is 3.15. The van der Waals surface area contributed by atoms with E-state index in [9.17, 15) is 13.2 Å². The van der Waals surface area contributed by atoms with Crippen molar-refractivity contribution in [1.29, 1.82) is 0 Å². The first-order chi connectivity index (χ1) is 9.90. The third kappa shape index (κ3) is 3.93. The summed E-state index contributed by atoms with van der Waals surface area (Å²) in [6.45, 7) is 2.25. The van der Waals surface area contributed by atoms with Gasteiger partial charge in [0, 0.05) is 12.7 Å². The number of pyridine rings is 1. The number of nitrogens with one attached hydrogen (secondary N) is 2. The van der Waals surface area contributed by atoms with Crippen molar-refractivity contribution < 1.29 is 8.42 Å². The summed E-state index contributed by atoms with van der Waals surface area (Å²) in [5, 5.41) is -0.156. The first-order valence-corrected chi connectivity index (χ1v) is 8.18. The van der Waals surface area contributed by atoms with Crippen LogP contribution in [-0.2, 0) is 16.4 Å². The molecule has 0 bridgehead atoms. The molecule has 0 aliphatic rings. The molecule has 0 fully saturated rings. The fraction of sp³-hybridized carbons (Fsp3) is 0.214. The zero-order valence-corrected chi connectivity index (χ0v) is 13.0. The first kappa shape index (κ1) is 15.8. The summed E-state index contributed by atoms with van der Waals surface area (Å²) >= 11 is 5.63. The van der Waals surface area contributed by atoms with Gasteiger partial charge in [0.15, 0.2) is 0 Å². The van der Waals surface area contributed by atoms with E-state index in [2.05, 4.69) is 9.71 Å². The Morgan fingerprint density at radius 3 is 2.67 bits per heavy atom. The van der Waals surface area contributed by atoms with Gasteiger partial charge < -0.3 is 4.98 Å². The number of aromatic nitrogens is 1. The Morgan fingerprint density at radius 2 is 2.00 bits per heavy atom. The standard InChI is InChI=1S/C14H15ClN2O3S/c1-10-4-2-3-5-11(10)6-7-17-21(19,20)12-8-13(15)14(18)16-9-12/h2-5,8-9,17H,6-7H2,1H3,(H,16,18). The summed E-state index contributed by atoms with van der Waals surface area (Å²) < 4.78 is 26.6. The lowest BCUT2D eigenvalue weighted by atomic mass is 10.1. The molecule has 112 valence electrons. The van der Waals surface area contributed by atoms with Gasteiger partial charge in [-0.25, -0.2) is 13.1 Å². The van der Waals surface area contributed by atoms with E-state index in [0.29, 0.717) is 6.42 Å². The highest BCUT2D eigenvalue weighted by molar-refractivity contribution is 7.89. The molecule has 0 aliphatic carbocycles. The molecule has 0 unspecified atom stereocenters. The molecule has 1 heterocycles. The minimum atomic E-state index is -3.69. The molecule has 21 heavy (non-hydrogen) atoms. The summed E-state index contributed by atoms with van der Waals surface area (Å²) in [6.07, 6.45) is 1.72. The van der Waals surface area contributed by atoms with Crippen LogP contribution in [-0.4, -0.2) is 19.9 Å². The quantitative estimate of drug-likeness (QED) is 0.880. The molecule has 2 rings (SSSR count).